The topological polar surface area (TPSA) is 42.2 Å². The predicted octanol–water partition coefficient (Wildman–Crippen LogP) is 4.58. The van der Waals surface area contributed by atoms with E-state index in [0.29, 0.717) is 5.02 Å². The Bertz CT molecular complexity index is 790. The van der Waals surface area contributed by atoms with E-state index in [9.17, 15) is 4.79 Å². The third-order valence-electron chi connectivity index (χ3n) is 3.30. The standard InChI is InChI=1S/C17H14ClNO2/c1-11-2-5-14(6-3-11)19-17(20)8-12-10-21-16-7-4-13(18)9-15(12)16/h2-7,9-10H,8H2,1H3,(H,19,20). The van der Waals surface area contributed by atoms with Crippen LogP contribution >= 0.6 is 11.6 Å². The number of fused-ring (bicyclic) bond motifs is 1. The van der Waals surface area contributed by atoms with Gasteiger partial charge < -0.3 is 9.73 Å². The summed E-state index contributed by atoms with van der Waals surface area (Å²) in [6, 6.07) is 13.1. The van der Waals surface area contributed by atoms with Gasteiger partial charge in [-0.05, 0) is 37.3 Å². The quantitative estimate of drug-likeness (QED) is 0.769. The largest absolute Gasteiger partial charge is 0.464 e. The molecule has 3 rings (SSSR count). The lowest BCUT2D eigenvalue weighted by Gasteiger charge is -2.04. The SMILES string of the molecule is Cc1ccc(NC(=O)Cc2coc3ccc(Cl)cc23)cc1. The Morgan fingerprint density at radius 1 is 1.19 bits per heavy atom. The Balaban J connectivity index is 1.77. The number of benzene rings is 2. The van der Waals surface area contributed by atoms with E-state index < -0.39 is 0 Å². The van der Waals surface area contributed by atoms with Gasteiger partial charge >= 0.3 is 0 Å². The lowest BCUT2D eigenvalue weighted by Crippen LogP contribution is -2.14. The average Bonchev–Trinajstić information content (AvgIpc) is 2.84. The van der Waals surface area contributed by atoms with E-state index in [1.165, 1.54) is 0 Å². The van der Waals surface area contributed by atoms with Crippen LogP contribution < -0.4 is 5.32 Å². The molecule has 1 N–H and O–H groups in total. The minimum Gasteiger partial charge on any atom is -0.464 e. The summed E-state index contributed by atoms with van der Waals surface area (Å²) in [5.41, 5.74) is 3.51. The van der Waals surface area contributed by atoms with E-state index in [1.807, 2.05) is 37.3 Å². The lowest BCUT2D eigenvalue weighted by atomic mass is 10.1. The molecular weight excluding hydrogens is 286 g/mol. The van der Waals surface area contributed by atoms with Crippen LogP contribution in [0.25, 0.3) is 11.0 Å². The highest BCUT2D eigenvalue weighted by atomic mass is 35.5. The van der Waals surface area contributed by atoms with Crippen molar-refractivity contribution in [2.24, 2.45) is 0 Å². The molecule has 0 aliphatic rings. The summed E-state index contributed by atoms with van der Waals surface area (Å²) in [4.78, 5) is 12.1. The molecule has 3 nitrogen and oxygen atoms in total. The van der Waals surface area contributed by atoms with Crippen molar-refractivity contribution in [3.05, 3.63) is 64.9 Å². The fraction of sp³-hybridized carbons (Fsp3) is 0.118. The van der Waals surface area contributed by atoms with Crippen LogP contribution in [0, 0.1) is 6.92 Å². The van der Waals surface area contributed by atoms with E-state index in [-0.39, 0.29) is 12.3 Å². The van der Waals surface area contributed by atoms with Crippen molar-refractivity contribution < 1.29 is 9.21 Å². The van der Waals surface area contributed by atoms with Gasteiger partial charge in [-0.25, -0.2) is 0 Å². The van der Waals surface area contributed by atoms with Gasteiger partial charge in [0.05, 0.1) is 12.7 Å². The molecule has 0 spiro atoms. The highest BCUT2D eigenvalue weighted by Gasteiger charge is 2.11. The second-order valence-corrected chi connectivity index (χ2v) is 5.43. The zero-order chi connectivity index (χ0) is 14.8. The van der Waals surface area contributed by atoms with Gasteiger partial charge in [0.25, 0.3) is 0 Å². The number of furan rings is 1. The summed E-state index contributed by atoms with van der Waals surface area (Å²) >= 11 is 5.99. The second kappa shape index (κ2) is 5.62. The molecule has 0 bridgehead atoms. The number of anilines is 1. The molecule has 0 atom stereocenters. The third-order valence-corrected chi connectivity index (χ3v) is 3.54. The molecule has 4 heteroatoms. The van der Waals surface area contributed by atoms with Crippen molar-refractivity contribution in [1.29, 1.82) is 0 Å². The molecule has 0 aliphatic heterocycles. The van der Waals surface area contributed by atoms with E-state index in [4.69, 9.17) is 16.0 Å². The van der Waals surface area contributed by atoms with Crippen LogP contribution in [0.2, 0.25) is 5.02 Å². The van der Waals surface area contributed by atoms with Gasteiger partial charge in [0.15, 0.2) is 0 Å². The molecule has 21 heavy (non-hydrogen) atoms. The number of amides is 1. The zero-order valence-electron chi connectivity index (χ0n) is 11.5. The summed E-state index contributed by atoms with van der Waals surface area (Å²) in [5.74, 6) is -0.0819. The number of hydrogen-bond donors (Lipinski definition) is 1. The van der Waals surface area contributed by atoms with Crippen LogP contribution in [0.3, 0.4) is 0 Å². The van der Waals surface area contributed by atoms with Gasteiger partial charge in [-0.2, -0.15) is 0 Å². The van der Waals surface area contributed by atoms with Gasteiger partial charge in [0.2, 0.25) is 5.91 Å². The number of carbonyl (C=O) groups excluding carboxylic acids is 1. The fourth-order valence-electron chi connectivity index (χ4n) is 2.21. The molecule has 2 aromatic carbocycles. The summed E-state index contributed by atoms with van der Waals surface area (Å²) < 4.78 is 5.43. The molecule has 106 valence electrons. The third kappa shape index (κ3) is 3.09. The molecule has 0 fully saturated rings. The smallest absolute Gasteiger partial charge is 0.228 e. The molecular formula is C17H14ClNO2. The first kappa shape index (κ1) is 13.7. The lowest BCUT2D eigenvalue weighted by molar-refractivity contribution is -0.115. The molecule has 0 saturated carbocycles. The van der Waals surface area contributed by atoms with Crippen LogP contribution in [0.15, 0.2) is 53.1 Å². The maximum Gasteiger partial charge on any atom is 0.228 e. The molecule has 0 unspecified atom stereocenters. The first-order valence-electron chi connectivity index (χ1n) is 6.64. The van der Waals surface area contributed by atoms with E-state index in [0.717, 1.165) is 27.8 Å². The van der Waals surface area contributed by atoms with Crippen molar-refractivity contribution in [3.63, 3.8) is 0 Å². The number of hydrogen-bond acceptors (Lipinski definition) is 2. The van der Waals surface area contributed by atoms with Crippen molar-refractivity contribution in [1.82, 2.24) is 0 Å². The van der Waals surface area contributed by atoms with Crippen LogP contribution in [0.4, 0.5) is 5.69 Å². The highest BCUT2D eigenvalue weighted by Crippen LogP contribution is 2.25. The molecule has 0 saturated heterocycles. The van der Waals surface area contributed by atoms with Crippen LogP contribution in [0.1, 0.15) is 11.1 Å². The first-order valence-corrected chi connectivity index (χ1v) is 7.02. The van der Waals surface area contributed by atoms with Gasteiger partial charge in [0.1, 0.15) is 5.58 Å². The zero-order valence-corrected chi connectivity index (χ0v) is 12.3. The summed E-state index contributed by atoms with van der Waals surface area (Å²) in [6.45, 7) is 2.01. The number of halogens is 1. The second-order valence-electron chi connectivity index (χ2n) is 4.99. The number of rotatable bonds is 3. The van der Waals surface area contributed by atoms with Crippen molar-refractivity contribution in [2.45, 2.75) is 13.3 Å². The molecule has 1 aromatic heterocycles. The normalized spacial score (nSPS) is 10.8. The van der Waals surface area contributed by atoms with Crippen LogP contribution in [0.5, 0.6) is 0 Å². The van der Waals surface area contributed by atoms with Gasteiger partial charge in [-0.1, -0.05) is 29.3 Å². The van der Waals surface area contributed by atoms with Crippen molar-refractivity contribution in [3.8, 4) is 0 Å². The fourth-order valence-corrected chi connectivity index (χ4v) is 2.38. The molecule has 0 aliphatic carbocycles. The van der Waals surface area contributed by atoms with Crippen molar-refractivity contribution >= 4 is 34.2 Å². The van der Waals surface area contributed by atoms with E-state index in [1.54, 1.807) is 18.4 Å². The summed E-state index contributed by atoms with van der Waals surface area (Å²) in [6.07, 6.45) is 1.86. The highest BCUT2D eigenvalue weighted by molar-refractivity contribution is 6.31. The summed E-state index contributed by atoms with van der Waals surface area (Å²) in [7, 11) is 0. The van der Waals surface area contributed by atoms with Crippen LogP contribution in [-0.4, -0.2) is 5.91 Å². The van der Waals surface area contributed by atoms with Gasteiger partial charge in [-0.15, -0.1) is 0 Å². The Hall–Kier alpha value is -2.26. The molecule has 1 amide bonds. The predicted molar refractivity (Wildman–Crippen MR) is 84.7 cm³/mol. The van der Waals surface area contributed by atoms with E-state index >= 15 is 0 Å². The maximum atomic E-state index is 12.1. The van der Waals surface area contributed by atoms with Crippen LogP contribution in [-0.2, 0) is 11.2 Å². The number of carbonyl (C=O) groups is 1. The molecule has 0 radical (unpaired) electrons. The molecule has 1 heterocycles. The Kier molecular flexibility index (Phi) is 3.67. The van der Waals surface area contributed by atoms with E-state index in [2.05, 4.69) is 5.32 Å². The van der Waals surface area contributed by atoms with Gasteiger partial charge in [0, 0.05) is 21.7 Å². The summed E-state index contributed by atoms with van der Waals surface area (Å²) in [5, 5.41) is 4.38. The average molecular weight is 300 g/mol. The number of aryl methyl sites for hydroxylation is 1. The number of nitrogens with one attached hydrogen (secondary N) is 1. The first-order chi connectivity index (χ1) is 10.1. The Morgan fingerprint density at radius 3 is 2.71 bits per heavy atom. The van der Waals surface area contributed by atoms with Gasteiger partial charge in [-0.3, -0.25) is 4.79 Å². The Morgan fingerprint density at radius 2 is 1.95 bits per heavy atom. The monoisotopic (exact) mass is 299 g/mol. The van der Waals surface area contributed by atoms with Crippen molar-refractivity contribution in [2.75, 3.05) is 5.32 Å². The maximum absolute atomic E-state index is 12.1. The Labute approximate surface area is 127 Å². The minimum absolute atomic E-state index is 0.0819. The molecule has 3 aromatic rings. The minimum atomic E-state index is -0.0819.